The summed E-state index contributed by atoms with van der Waals surface area (Å²) in [5.41, 5.74) is 2.79. The maximum Gasteiger partial charge on any atom is 0.254 e. The van der Waals surface area contributed by atoms with Crippen LogP contribution in [0.5, 0.6) is 0 Å². The van der Waals surface area contributed by atoms with E-state index in [0.29, 0.717) is 17.4 Å². The second kappa shape index (κ2) is 7.24. The van der Waals surface area contributed by atoms with E-state index < -0.39 is 0 Å². The number of aromatic amines is 1. The van der Waals surface area contributed by atoms with Crippen molar-refractivity contribution in [3.05, 3.63) is 56.3 Å². The molecule has 4 rings (SSSR count). The number of fused-ring (bicyclic) bond motifs is 1. The van der Waals surface area contributed by atoms with Crippen molar-refractivity contribution in [1.29, 1.82) is 0 Å². The maximum atomic E-state index is 12.8. The molecule has 4 nitrogen and oxygen atoms in total. The number of carbonyl (C=O) groups is 1. The van der Waals surface area contributed by atoms with E-state index in [4.69, 9.17) is 23.2 Å². The number of hydrogen-bond acceptors (Lipinski definition) is 3. The summed E-state index contributed by atoms with van der Waals surface area (Å²) in [5, 5.41) is 1.12. The largest absolute Gasteiger partial charge is 0.361 e. The van der Waals surface area contributed by atoms with Gasteiger partial charge in [0.2, 0.25) is 0 Å². The van der Waals surface area contributed by atoms with Crippen molar-refractivity contribution in [3.63, 3.8) is 0 Å². The lowest BCUT2D eigenvalue weighted by molar-refractivity contribution is 0.0582. The molecule has 136 valence electrons. The third kappa shape index (κ3) is 3.37. The summed E-state index contributed by atoms with van der Waals surface area (Å²) in [6.07, 6.45) is 1.89. The number of nitrogens with one attached hydrogen (secondary N) is 1. The van der Waals surface area contributed by atoms with Gasteiger partial charge in [-0.1, -0.05) is 29.3 Å². The molecule has 0 aliphatic carbocycles. The summed E-state index contributed by atoms with van der Waals surface area (Å²) in [5.74, 6) is 0.0883. The highest BCUT2D eigenvalue weighted by Crippen LogP contribution is 2.37. The van der Waals surface area contributed by atoms with E-state index in [1.807, 2.05) is 41.4 Å². The molecule has 3 heterocycles. The summed E-state index contributed by atoms with van der Waals surface area (Å²) in [4.78, 5) is 20.3. The molecule has 1 unspecified atom stereocenters. The fourth-order valence-corrected chi connectivity index (χ4v) is 5.14. The fraction of sp³-hybridized carbons (Fsp3) is 0.316. The molecular weight excluding hydrogens is 389 g/mol. The normalized spacial score (nSPS) is 17.0. The predicted molar refractivity (Wildman–Crippen MR) is 109 cm³/mol. The number of benzene rings is 1. The van der Waals surface area contributed by atoms with Gasteiger partial charge in [0, 0.05) is 55.1 Å². The number of nitrogens with zero attached hydrogens (tertiary/aromatic N) is 2. The van der Waals surface area contributed by atoms with Gasteiger partial charge in [0.05, 0.1) is 8.67 Å². The quantitative estimate of drug-likeness (QED) is 0.659. The number of amides is 1. The lowest BCUT2D eigenvalue weighted by Gasteiger charge is -2.38. The Morgan fingerprint density at radius 2 is 1.92 bits per heavy atom. The number of aromatic nitrogens is 1. The number of H-pyrrole nitrogens is 1. The van der Waals surface area contributed by atoms with Crippen LogP contribution in [0.3, 0.4) is 0 Å². The second-order valence-corrected chi connectivity index (χ2v) is 8.85. The van der Waals surface area contributed by atoms with E-state index in [0.717, 1.165) is 39.5 Å². The van der Waals surface area contributed by atoms with Crippen molar-refractivity contribution in [3.8, 4) is 0 Å². The molecule has 0 spiro atoms. The third-order valence-electron chi connectivity index (χ3n) is 5.08. The van der Waals surface area contributed by atoms with Gasteiger partial charge in [-0.25, -0.2) is 0 Å². The van der Waals surface area contributed by atoms with E-state index in [-0.39, 0.29) is 11.9 Å². The lowest BCUT2D eigenvalue weighted by Crippen LogP contribution is -2.49. The molecule has 0 saturated carbocycles. The van der Waals surface area contributed by atoms with Gasteiger partial charge in [0.15, 0.2) is 0 Å². The average Bonchev–Trinajstić information content (AvgIpc) is 3.25. The van der Waals surface area contributed by atoms with Gasteiger partial charge in [-0.15, -0.1) is 11.3 Å². The van der Waals surface area contributed by atoms with Crippen LogP contribution in [0.2, 0.25) is 8.67 Å². The van der Waals surface area contributed by atoms with Gasteiger partial charge in [-0.05, 0) is 36.6 Å². The Morgan fingerprint density at radius 1 is 1.15 bits per heavy atom. The minimum Gasteiger partial charge on any atom is -0.361 e. The van der Waals surface area contributed by atoms with E-state index in [2.05, 4.69) is 16.8 Å². The van der Waals surface area contributed by atoms with Gasteiger partial charge in [-0.3, -0.25) is 9.69 Å². The summed E-state index contributed by atoms with van der Waals surface area (Å²) in [6, 6.07) is 9.97. The number of rotatable bonds is 3. The molecule has 0 radical (unpaired) electrons. The highest BCUT2D eigenvalue weighted by atomic mass is 35.5. The molecule has 1 saturated heterocycles. The summed E-state index contributed by atoms with van der Waals surface area (Å²) in [7, 11) is 0. The molecule has 1 amide bonds. The smallest absolute Gasteiger partial charge is 0.254 e. The Morgan fingerprint density at radius 3 is 2.62 bits per heavy atom. The topological polar surface area (TPSA) is 39.3 Å². The van der Waals surface area contributed by atoms with Crippen LogP contribution >= 0.6 is 34.5 Å². The van der Waals surface area contributed by atoms with Gasteiger partial charge < -0.3 is 9.88 Å². The van der Waals surface area contributed by atoms with Crippen molar-refractivity contribution in [2.24, 2.45) is 0 Å². The van der Waals surface area contributed by atoms with Crippen molar-refractivity contribution < 1.29 is 4.79 Å². The molecule has 1 fully saturated rings. The number of carbonyl (C=O) groups excluding carboxylic acids is 1. The number of halogens is 2. The van der Waals surface area contributed by atoms with E-state index in [1.165, 1.54) is 11.3 Å². The Hall–Kier alpha value is -1.53. The van der Waals surface area contributed by atoms with Gasteiger partial charge in [-0.2, -0.15) is 0 Å². The fourth-order valence-electron chi connectivity index (χ4n) is 3.51. The molecule has 1 aliphatic rings. The Labute approximate surface area is 166 Å². The van der Waals surface area contributed by atoms with Crippen LogP contribution in [0.4, 0.5) is 0 Å². The van der Waals surface area contributed by atoms with Crippen LogP contribution in [-0.2, 0) is 0 Å². The first-order chi connectivity index (χ1) is 12.5. The number of piperazine rings is 1. The predicted octanol–water partition coefficient (Wildman–Crippen LogP) is 5.06. The van der Waals surface area contributed by atoms with Crippen molar-refractivity contribution in [1.82, 2.24) is 14.8 Å². The number of thiophene rings is 1. The van der Waals surface area contributed by atoms with Crippen LogP contribution in [0.15, 0.2) is 36.5 Å². The van der Waals surface area contributed by atoms with Gasteiger partial charge >= 0.3 is 0 Å². The Bertz CT molecular complexity index is 943. The van der Waals surface area contributed by atoms with Gasteiger partial charge in [0.1, 0.15) is 0 Å². The van der Waals surface area contributed by atoms with E-state index in [9.17, 15) is 4.79 Å². The third-order valence-corrected chi connectivity index (χ3v) is 6.60. The molecule has 26 heavy (non-hydrogen) atoms. The zero-order valence-corrected chi connectivity index (χ0v) is 16.7. The molecule has 0 bridgehead atoms. The minimum absolute atomic E-state index is 0.0883. The van der Waals surface area contributed by atoms with E-state index in [1.54, 1.807) is 0 Å². The first-order valence-corrected chi connectivity index (χ1v) is 10.2. The lowest BCUT2D eigenvalue weighted by atomic mass is 10.1. The number of hydrogen-bond donors (Lipinski definition) is 1. The average molecular weight is 408 g/mol. The highest BCUT2D eigenvalue weighted by Gasteiger charge is 2.27. The molecule has 1 atom stereocenters. The second-order valence-electron chi connectivity index (χ2n) is 6.56. The highest BCUT2D eigenvalue weighted by molar-refractivity contribution is 7.20. The van der Waals surface area contributed by atoms with Crippen molar-refractivity contribution >= 4 is 51.3 Å². The van der Waals surface area contributed by atoms with Crippen LogP contribution in [0, 0.1) is 0 Å². The van der Waals surface area contributed by atoms with Crippen LogP contribution in [-0.4, -0.2) is 46.9 Å². The van der Waals surface area contributed by atoms with Crippen LogP contribution < -0.4 is 0 Å². The van der Waals surface area contributed by atoms with Crippen LogP contribution in [0.25, 0.3) is 10.9 Å². The molecule has 2 aromatic heterocycles. The SMILES string of the molecule is CC(c1cc(Cl)sc1Cl)N1CCN(C(=O)c2ccc3cc[nH]c3c2)CC1. The zero-order valence-electron chi connectivity index (χ0n) is 14.3. The monoisotopic (exact) mass is 407 g/mol. The summed E-state index contributed by atoms with van der Waals surface area (Å²) < 4.78 is 1.46. The summed E-state index contributed by atoms with van der Waals surface area (Å²) in [6.45, 7) is 5.20. The first-order valence-electron chi connectivity index (χ1n) is 8.58. The molecule has 1 aromatic carbocycles. The molecule has 1 N–H and O–H groups in total. The zero-order chi connectivity index (χ0) is 18.3. The van der Waals surface area contributed by atoms with Crippen molar-refractivity contribution in [2.75, 3.05) is 26.2 Å². The molecule has 7 heteroatoms. The Balaban J connectivity index is 1.42. The molecule has 1 aliphatic heterocycles. The standard InChI is InChI=1S/C19H19Cl2N3OS/c1-12(15-11-17(20)26-18(15)21)23-6-8-24(9-7-23)19(25)14-3-2-13-4-5-22-16(13)10-14/h2-5,10-12,22H,6-9H2,1H3. The molecule has 3 aromatic rings. The molecular formula is C19H19Cl2N3OS. The van der Waals surface area contributed by atoms with Gasteiger partial charge in [0.25, 0.3) is 5.91 Å². The maximum absolute atomic E-state index is 12.8. The van der Waals surface area contributed by atoms with Crippen LogP contribution in [0.1, 0.15) is 28.9 Å². The Kier molecular flexibility index (Phi) is 4.97. The van der Waals surface area contributed by atoms with Crippen molar-refractivity contribution in [2.45, 2.75) is 13.0 Å². The minimum atomic E-state index is 0.0883. The summed E-state index contributed by atoms with van der Waals surface area (Å²) >= 11 is 13.8. The first kappa shape index (κ1) is 17.9. The van der Waals surface area contributed by atoms with E-state index >= 15 is 0 Å².